The van der Waals surface area contributed by atoms with Crippen molar-refractivity contribution in [3.63, 3.8) is 0 Å². The summed E-state index contributed by atoms with van der Waals surface area (Å²) in [6.07, 6.45) is 0. The predicted molar refractivity (Wildman–Crippen MR) is 145 cm³/mol. The van der Waals surface area contributed by atoms with Gasteiger partial charge in [-0.1, -0.05) is 6.92 Å². The molecular formula is C20H32O11S5. The fourth-order valence-electron chi connectivity index (χ4n) is 2.33. The van der Waals surface area contributed by atoms with E-state index in [1.165, 1.54) is 0 Å². The maximum Gasteiger partial charge on any atom is 0.315 e. The van der Waals surface area contributed by atoms with Crippen LogP contribution in [-0.4, -0.2) is 105 Å². The lowest BCUT2D eigenvalue weighted by atomic mass is 9.91. The van der Waals surface area contributed by atoms with Gasteiger partial charge in [-0.05, 0) is 0 Å². The second kappa shape index (κ2) is 19.2. The van der Waals surface area contributed by atoms with Crippen molar-refractivity contribution in [3.05, 3.63) is 0 Å². The lowest BCUT2D eigenvalue weighted by Crippen LogP contribution is -2.45. The van der Waals surface area contributed by atoms with Gasteiger partial charge in [-0.3, -0.25) is 24.0 Å². The zero-order valence-electron chi connectivity index (χ0n) is 19.7. The van der Waals surface area contributed by atoms with Crippen molar-refractivity contribution in [1.29, 1.82) is 0 Å². The average molecular weight is 609 g/mol. The van der Waals surface area contributed by atoms with E-state index in [1.54, 1.807) is 6.92 Å². The summed E-state index contributed by atoms with van der Waals surface area (Å²) in [5.41, 5.74) is -2.30. The molecular weight excluding hydrogens is 577 g/mol. The molecule has 11 nitrogen and oxygen atoms in total. The third kappa shape index (κ3) is 15.3. The Morgan fingerprint density at radius 2 is 0.750 bits per heavy atom. The van der Waals surface area contributed by atoms with E-state index in [9.17, 15) is 24.0 Å². The van der Waals surface area contributed by atoms with Gasteiger partial charge < -0.3 is 28.4 Å². The molecule has 0 aliphatic rings. The molecule has 0 rings (SSSR count). The van der Waals surface area contributed by atoms with Gasteiger partial charge >= 0.3 is 29.8 Å². The van der Waals surface area contributed by atoms with Crippen molar-refractivity contribution in [2.75, 3.05) is 75.0 Å². The maximum absolute atomic E-state index is 11.7. The summed E-state index contributed by atoms with van der Waals surface area (Å²) in [7, 11) is 0. The fraction of sp³-hybridized carbons (Fsp3) is 0.750. The van der Waals surface area contributed by atoms with E-state index in [0.29, 0.717) is 0 Å². The number of ether oxygens (including phenoxy) is 6. The quantitative estimate of drug-likeness (QED) is 0.0789. The molecule has 36 heavy (non-hydrogen) atoms. The van der Waals surface area contributed by atoms with Crippen LogP contribution in [0.3, 0.4) is 0 Å². The molecule has 0 N–H and O–H groups in total. The van der Waals surface area contributed by atoms with Gasteiger partial charge in [-0.15, -0.1) is 0 Å². The van der Waals surface area contributed by atoms with Crippen molar-refractivity contribution in [1.82, 2.24) is 0 Å². The van der Waals surface area contributed by atoms with Gasteiger partial charge in [0.1, 0.15) is 33.0 Å². The summed E-state index contributed by atoms with van der Waals surface area (Å²) >= 11 is 19.3. The molecule has 0 atom stereocenters. The van der Waals surface area contributed by atoms with Gasteiger partial charge in [0, 0.05) is 0 Å². The Kier molecular flexibility index (Phi) is 18.7. The second-order valence-corrected chi connectivity index (χ2v) is 9.48. The first-order chi connectivity index (χ1) is 17.0. The Morgan fingerprint density at radius 1 is 0.472 bits per heavy atom. The Balaban J connectivity index is 5.68. The van der Waals surface area contributed by atoms with Crippen LogP contribution in [0, 0.1) is 10.8 Å². The van der Waals surface area contributed by atoms with E-state index in [4.69, 9.17) is 28.4 Å². The minimum atomic E-state index is -1.31. The summed E-state index contributed by atoms with van der Waals surface area (Å²) in [5.74, 6) is -4.10. The molecule has 0 aromatic carbocycles. The average Bonchev–Trinajstić information content (AvgIpc) is 2.89. The lowest BCUT2D eigenvalue weighted by Gasteiger charge is -2.34. The van der Waals surface area contributed by atoms with E-state index < -0.39 is 40.7 Å². The minimum Gasteiger partial charge on any atom is -0.464 e. The van der Waals surface area contributed by atoms with Crippen molar-refractivity contribution in [3.8, 4) is 0 Å². The summed E-state index contributed by atoms with van der Waals surface area (Å²) in [5, 5.41) is 0. The van der Waals surface area contributed by atoms with Gasteiger partial charge in [0.15, 0.2) is 0 Å². The molecule has 0 aliphatic carbocycles. The smallest absolute Gasteiger partial charge is 0.315 e. The van der Waals surface area contributed by atoms with Crippen LogP contribution in [0.4, 0.5) is 0 Å². The molecule has 0 bridgehead atoms. The van der Waals surface area contributed by atoms with Crippen LogP contribution >= 0.6 is 63.1 Å². The standard InChI is InChI=1S/C20H32O11S5/c1-19(8-27-14(21)2-32,9-28-15(22)3-33)7-26-10-20(11-29-16(23)4-34,12-30-17(24)5-35)13-31-18(25)6-36/h32-36H,2-13H2,1H3. The molecule has 0 aromatic heterocycles. The minimum absolute atomic E-state index is 0.115. The molecule has 0 radical (unpaired) electrons. The highest BCUT2D eigenvalue weighted by molar-refractivity contribution is 7.81. The summed E-state index contributed by atoms with van der Waals surface area (Å²) in [6.45, 7) is -0.0627. The van der Waals surface area contributed by atoms with Crippen molar-refractivity contribution in [2.45, 2.75) is 6.92 Å². The van der Waals surface area contributed by atoms with Crippen LogP contribution in [0.5, 0.6) is 0 Å². The Labute approximate surface area is 237 Å². The molecule has 0 saturated carbocycles. The zero-order chi connectivity index (χ0) is 27.6. The number of carbonyl (C=O) groups is 5. The van der Waals surface area contributed by atoms with E-state index in [-0.39, 0.29) is 75.0 Å². The zero-order valence-corrected chi connectivity index (χ0v) is 24.2. The monoisotopic (exact) mass is 608 g/mol. The summed E-state index contributed by atoms with van der Waals surface area (Å²) in [4.78, 5) is 58.4. The largest absolute Gasteiger partial charge is 0.464 e. The maximum atomic E-state index is 11.7. The Morgan fingerprint density at radius 3 is 1.03 bits per heavy atom. The number of thiol groups is 5. The van der Waals surface area contributed by atoms with Crippen molar-refractivity contribution < 1.29 is 52.4 Å². The molecule has 0 saturated heterocycles. The Hall–Kier alpha value is -0.940. The predicted octanol–water partition coefficient (Wildman–Crippen LogP) is 0.361. The van der Waals surface area contributed by atoms with Crippen LogP contribution in [0.1, 0.15) is 6.92 Å². The van der Waals surface area contributed by atoms with E-state index >= 15 is 0 Å². The first-order valence-electron chi connectivity index (χ1n) is 10.4. The van der Waals surface area contributed by atoms with Gasteiger partial charge in [0.25, 0.3) is 0 Å². The lowest BCUT2D eigenvalue weighted by molar-refractivity contribution is -0.167. The molecule has 0 spiro atoms. The SMILES string of the molecule is CC(COCC(COC(=O)CS)(COC(=O)CS)COC(=O)CS)(COC(=O)CS)COC(=O)CS. The normalized spacial score (nSPS) is 11.4. The molecule has 0 aliphatic heterocycles. The number of hydrogen-bond donors (Lipinski definition) is 5. The highest BCUT2D eigenvalue weighted by Gasteiger charge is 2.38. The van der Waals surface area contributed by atoms with Gasteiger partial charge in [-0.2, -0.15) is 63.1 Å². The van der Waals surface area contributed by atoms with Crippen molar-refractivity contribution in [2.24, 2.45) is 10.8 Å². The topological polar surface area (TPSA) is 141 Å². The van der Waals surface area contributed by atoms with Crippen molar-refractivity contribution >= 4 is 93.0 Å². The summed E-state index contributed by atoms with van der Waals surface area (Å²) < 4.78 is 31.7. The van der Waals surface area contributed by atoms with Crippen LogP contribution < -0.4 is 0 Å². The van der Waals surface area contributed by atoms with E-state index in [1.807, 2.05) is 0 Å². The fourth-order valence-corrected chi connectivity index (χ4v) is 2.78. The van der Waals surface area contributed by atoms with Crippen LogP contribution in [0.15, 0.2) is 0 Å². The molecule has 0 unspecified atom stereocenters. The first-order valence-corrected chi connectivity index (χ1v) is 13.5. The third-order valence-electron chi connectivity index (χ3n) is 4.29. The molecule has 0 heterocycles. The molecule has 0 aromatic rings. The number of rotatable bonds is 19. The van der Waals surface area contributed by atoms with Gasteiger partial charge in [0.2, 0.25) is 0 Å². The van der Waals surface area contributed by atoms with Crippen LogP contribution in [-0.2, 0) is 52.4 Å². The number of hydrogen-bond acceptors (Lipinski definition) is 16. The van der Waals surface area contributed by atoms with Gasteiger partial charge in [-0.25, -0.2) is 0 Å². The second-order valence-electron chi connectivity index (χ2n) is 7.90. The van der Waals surface area contributed by atoms with E-state index in [0.717, 1.165) is 0 Å². The highest BCUT2D eigenvalue weighted by atomic mass is 32.1. The first kappa shape index (κ1) is 35.1. The highest BCUT2D eigenvalue weighted by Crippen LogP contribution is 2.25. The van der Waals surface area contributed by atoms with E-state index in [2.05, 4.69) is 63.1 Å². The number of esters is 5. The molecule has 0 fully saturated rings. The summed E-state index contributed by atoms with van der Waals surface area (Å²) in [6, 6.07) is 0. The molecule has 208 valence electrons. The molecule has 16 heteroatoms. The van der Waals surface area contributed by atoms with Gasteiger partial charge in [0.05, 0.1) is 52.8 Å². The number of carbonyl (C=O) groups excluding carboxylic acids is 5. The van der Waals surface area contributed by atoms with Crippen LogP contribution in [0.25, 0.3) is 0 Å². The molecule has 0 amide bonds. The third-order valence-corrected chi connectivity index (χ3v) is 5.58. The van der Waals surface area contributed by atoms with Crippen LogP contribution in [0.2, 0.25) is 0 Å². The Bertz CT molecular complexity index is 665.